The predicted molar refractivity (Wildman–Crippen MR) is 78.9 cm³/mol. The average molecular weight is 293 g/mol. The van der Waals surface area contributed by atoms with Crippen molar-refractivity contribution < 1.29 is 13.9 Å². The molecule has 0 aliphatic carbocycles. The molecule has 0 saturated heterocycles. The predicted octanol–water partition coefficient (Wildman–Crippen LogP) is 3.90. The fourth-order valence-electron chi connectivity index (χ4n) is 2.00. The van der Waals surface area contributed by atoms with Crippen LogP contribution < -0.4 is 5.32 Å². The number of esters is 1. The molecular weight excluding hydrogens is 277 g/mol. The van der Waals surface area contributed by atoms with Crippen molar-refractivity contribution in [2.24, 2.45) is 0 Å². The molecule has 0 fully saturated rings. The number of aryl methyl sites for hydroxylation is 2. The first-order valence-corrected chi connectivity index (χ1v) is 7.00. The third-order valence-corrected chi connectivity index (χ3v) is 4.01. The van der Waals surface area contributed by atoms with Gasteiger partial charge in [-0.05, 0) is 43.7 Å². The standard InChI is InChI=1S/C15H16FNO2S/c1-9-6-11(10(2)20-9)8-17-14-5-4-12(16)7-13(14)15(18)19-3/h4-7,17H,8H2,1-3H3. The molecule has 1 heterocycles. The van der Waals surface area contributed by atoms with Crippen molar-refractivity contribution in [2.75, 3.05) is 12.4 Å². The Labute approximate surface area is 121 Å². The maximum atomic E-state index is 13.2. The van der Waals surface area contributed by atoms with E-state index in [9.17, 15) is 9.18 Å². The topological polar surface area (TPSA) is 38.3 Å². The summed E-state index contributed by atoms with van der Waals surface area (Å²) < 4.78 is 17.9. The zero-order valence-electron chi connectivity index (χ0n) is 11.6. The van der Waals surface area contributed by atoms with Crippen molar-refractivity contribution in [2.45, 2.75) is 20.4 Å². The molecule has 0 radical (unpaired) electrons. The van der Waals surface area contributed by atoms with E-state index in [1.807, 2.05) is 0 Å². The van der Waals surface area contributed by atoms with Gasteiger partial charge in [-0.25, -0.2) is 9.18 Å². The lowest BCUT2D eigenvalue weighted by Gasteiger charge is -2.10. The number of rotatable bonds is 4. The number of thiophene rings is 1. The third kappa shape index (κ3) is 3.17. The zero-order valence-corrected chi connectivity index (χ0v) is 12.4. The van der Waals surface area contributed by atoms with Crippen LogP contribution >= 0.6 is 11.3 Å². The Morgan fingerprint density at radius 1 is 1.35 bits per heavy atom. The summed E-state index contributed by atoms with van der Waals surface area (Å²) in [6.45, 7) is 4.70. The number of carbonyl (C=O) groups excluding carboxylic acids is 1. The monoisotopic (exact) mass is 293 g/mol. The first-order chi connectivity index (χ1) is 9.51. The van der Waals surface area contributed by atoms with E-state index in [2.05, 4.69) is 30.0 Å². The molecule has 20 heavy (non-hydrogen) atoms. The van der Waals surface area contributed by atoms with Crippen LogP contribution in [-0.2, 0) is 11.3 Å². The van der Waals surface area contributed by atoms with Crippen LogP contribution in [0.4, 0.5) is 10.1 Å². The summed E-state index contributed by atoms with van der Waals surface area (Å²) in [7, 11) is 1.28. The van der Waals surface area contributed by atoms with Gasteiger partial charge in [0.1, 0.15) is 5.82 Å². The van der Waals surface area contributed by atoms with E-state index < -0.39 is 11.8 Å². The summed E-state index contributed by atoms with van der Waals surface area (Å²) in [5.41, 5.74) is 1.95. The molecular formula is C15H16FNO2S. The molecule has 1 aromatic carbocycles. The first kappa shape index (κ1) is 14.5. The first-order valence-electron chi connectivity index (χ1n) is 6.19. The van der Waals surface area contributed by atoms with E-state index in [1.165, 1.54) is 34.6 Å². The van der Waals surface area contributed by atoms with Gasteiger partial charge >= 0.3 is 5.97 Å². The Morgan fingerprint density at radius 3 is 2.70 bits per heavy atom. The molecule has 0 aliphatic rings. The van der Waals surface area contributed by atoms with Gasteiger partial charge in [0.15, 0.2) is 0 Å². The Hall–Kier alpha value is -1.88. The molecule has 0 spiro atoms. The number of methoxy groups -OCH3 is 1. The van der Waals surface area contributed by atoms with Gasteiger partial charge in [0.05, 0.1) is 12.7 Å². The summed E-state index contributed by atoms with van der Waals surface area (Å²) in [6.07, 6.45) is 0. The molecule has 106 valence electrons. The highest BCUT2D eigenvalue weighted by Crippen LogP contribution is 2.23. The maximum absolute atomic E-state index is 13.2. The Balaban J connectivity index is 2.21. The normalized spacial score (nSPS) is 10.4. The SMILES string of the molecule is COC(=O)c1cc(F)ccc1NCc1cc(C)sc1C. The lowest BCUT2D eigenvalue weighted by Crippen LogP contribution is -2.08. The minimum Gasteiger partial charge on any atom is -0.465 e. The number of hydrogen-bond acceptors (Lipinski definition) is 4. The van der Waals surface area contributed by atoms with Gasteiger partial charge in [0, 0.05) is 22.0 Å². The minimum atomic E-state index is -0.551. The van der Waals surface area contributed by atoms with Gasteiger partial charge in [-0.15, -0.1) is 11.3 Å². The molecule has 1 aromatic heterocycles. The molecule has 3 nitrogen and oxygen atoms in total. The number of hydrogen-bond donors (Lipinski definition) is 1. The van der Waals surface area contributed by atoms with Gasteiger partial charge < -0.3 is 10.1 Å². The van der Waals surface area contributed by atoms with E-state index in [4.69, 9.17) is 0 Å². The highest BCUT2D eigenvalue weighted by Gasteiger charge is 2.13. The van der Waals surface area contributed by atoms with Crippen molar-refractivity contribution in [3.05, 3.63) is 51.0 Å². The number of anilines is 1. The molecule has 0 bridgehead atoms. The molecule has 0 aliphatic heterocycles. The minimum absolute atomic E-state index is 0.206. The Bertz CT molecular complexity index is 637. The molecule has 0 amide bonds. The van der Waals surface area contributed by atoms with Crippen LogP contribution in [0.3, 0.4) is 0 Å². The second-order valence-electron chi connectivity index (χ2n) is 4.47. The summed E-state index contributed by atoms with van der Waals surface area (Å²) in [5, 5.41) is 3.17. The number of halogens is 1. The lowest BCUT2D eigenvalue weighted by molar-refractivity contribution is 0.0601. The summed E-state index contributed by atoms with van der Waals surface area (Å²) >= 11 is 1.73. The molecule has 1 N–H and O–H groups in total. The van der Waals surface area contributed by atoms with Crippen LogP contribution in [-0.4, -0.2) is 13.1 Å². The van der Waals surface area contributed by atoms with Gasteiger partial charge in [0.25, 0.3) is 0 Å². The van der Waals surface area contributed by atoms with Crippen LogP contribution in [0, 0.1) is 19.7 Å². The molecule has 0 saturated carbocycles. The smallest absolute Gasteiger partial charge is 0.340 e. The molecule has 0 unspecified atom stereocenters. The van der Waals surface area contributed by atoms with Crippen LogP contribution in [0.2, 0.25) is 0 Å². The van der Waals surface area contributed by atoms with Crippen molar-refractivity contribution in [3.8, 4) is 0 Å². The second-order valence-corrected chi connectivity index (χ2v) is 5.93. The number of benzene rings is 1. The second kappa shape index (κ2) is 6.05. The Morgan fingerprint density at radius 2 is 2.10 bits per heavy atom. The van der Waals surface area contributed by atoms with Crippen LogP contribution in [0.1, 0.15) is 25.7 Å². The lowest BCUT2D eigenvalue weighted by atomic mass is 10.1. The van der Waals surface area contributed by atoms with Crippen LogP contribution in [0.5, 0.6) is 0 Å². The fraction of sp³-hybridized carbons (Fsp3) is 0.267. The quantitative estimate of drug-likeness (QED) is 0.869. The number of carbonyl (C=O) groups is 1. The average Bonchev–Trinajstić information content (AvgIpc) is 2.74. The molecule has 5 heteroatoms. The maximum Gasteiger partial charge on any atom is 0.340 e. The molecule has 2 rings (SSSR count). The highest BCUT2D eigenvalue weighted by atomic mass is 32.1. The van der Waals surface area contributed by atoms with E-state index in [-0.39, 0.29) is 5.56 Å². The molecule has 0 atom stereocenters. The van der Waals surface area contributed by atoms with E-state index >= 15 is 0 Å². The van der Waals surface area contributed by atoms with E-state index in [1.54, 1.807) is 17.4 Å². The van der Waals surface area contributed by atoms with Crippen LogP contribution in [0.15, 0.2) is 24.3 Å². The van der Waals surface area contributed by atoms with Gasteiger partial charge in [0.2, 0.25) is 0 Å². The molecule has 2 aromatic rings. The van der Waals surface area contributed by atoms with Crippen LogP contribution in [0.25, 0.3) is 0 Å². The van der Waals surface area contributed by atoms with E-state index in [0.29, 0.717) is 12.2 Å². The summed E-state index contributed by atoms with van der Waals surface area (Å²) in [5.74, 6) is -1.01. The Kier molecular flexibility index (Phi) is 4.39. The van der Waals surface area contributed by atoms with Gasteiger partial charge in [-0.3, -0.25) is 0 Å². The third-order valence-electron chi connectivity index (χ3n) is 3.00. The van der Waals surface area contributed by atoms with E-state index in [0.717, 1.165) is 0 Å². The number of nitrogens with one attached hydrogen (secondary N) is 1. The largest absolute Gasteiger partial charge is 0.465 e. The van der Waals surface area contributed by atoms with Crippen molar-refractivity contribution in [3.63, 3.8) is 0 Å². The summed E-state index contributed by atoms with van der Waals surface area (Å²) in [6, 6.07) is 6.16. The zero-order chi connectivity index (χ0) is 14.7. The van der Waals surface area contributed by atoms with Crippen molar-refractivity contribution in [1.82, 2.24) is 0 Å². The fourth-order valence-corrected chi connectivity index (χ4v) is 2.95. The van der Waals surface area contributed by atoms with Crippen molar-refractivity contribution >= 4 is 23.0 Å². The van der Waals surface area contributed by atoms with Gasteiger partial charge in [-0.1, -0.05) is 0 Å². The van der Waals surface area contributed by atoms with Crippen molar-refractivity contribution in [1.29, 1.82) is 0 Å². The summed E-state index contributed by atoms with van der Waals surface area (Å²) in [4.78, 5) is 14.1. The number of ether oxygens (including phenoxy) is 1. The highest BCUT2D eigenvalue weighted by molar-refractivity contribution is 7.12. The van der Waals surface area contributed by atoms with Gasteiger partial charge in [-0.2, -0.15) is 0 Å².